The van der Waals surface area contributed by atoms with Gasteiger partial charge in [-0.3, -0.25) is 14.9 Å². The Bertz CT molecular complexity index is 1070. The van der Waals surface area contributed by atoms with Crippen molar-refractivity contribution in [3.05, 3.63) is 81.1 Å². The van der Waals surface area contributed by atoms with E-state index in [0.717, 1.165) is 5.56 Å². The second-order valence-corrected chi connectivity index (χ2v) is 6.48. The molecule has 0 radical (unpaired) electrons. The number of furan rings is 1. The van der Waals surface area contributed by atoms with Crippen LogP contribution in [0.3, 0.4) is 0 Å². The highest BCUT2D eigenvalue weighted by atomic mass is 35.5. The fourth-order valence-corrected chi connectivity index (χ4v) is 2.74. The van der Waals surface area contributed by atoms with Gasteiger partial charge in [0.15, 0.2) is 6.61 Å². The molecular formula is C20H15ClN2O6. The minimum Gasteiger partial charge on any atom is -0.450 e. The Balaban J connectivity index is 1.58. The maximum Gasteiger partial charge on any atom is 0.374 e. The van der Waals surface area contributed by atoms with Gasteiger partial charge in [-0.1, -0.05) is 17.7 Å². The molecule has 0 unspecified atom stereocenters. The maximum atomic E-state index is 12.1. The number of aryl methyl sites for hydroxylation is 1. The van der Waals surface area contributed by atoms with Gasteiger partial charge in [0, 0.05) is 17.7 Å². The number of rotatable bonds is 6. The summed E-state index contributed by atoms with van der Waals surface area (Å²) in [6.07, 6.45) is 0. The molecule has 0 aliphatic carbocycles. The van der Waals surface area contributed by atoms with Gasteiger partial charge in [0.05, 0.1) is 15.6 Å². The van der Waals surface area contributed by atoms with Crippen LogP contribution in [0.1, 0.15) is 16.1 Å². The van der Waals surface area contributed by atoms with Crippen LogP contribution in [0, 0.1) is 17.0 Å². The summed E-state index contributed by atoms with van der Waals surface area (Å²) in [5.74, 6) is -1.13. The summed E-state index contributed by atoms with van der Waals surface area (Å²) < 4.78 is 10.4. The number of hydrogen-bond acceptors (Lipinski definition) is 6. The highest BCUT2D eigenvalue weighted by Gasteiger charge is 2.16. The number of carbonyl (C=O) groups excluding carboxylic acids is 2. The van der Waals surface area contributed by atoms with Crippen LogP contribution in [0.2, 0.25) is 5.02 Å². The van der Waals surface area contributed by atoms with Crippen LogP contribution in [0.4, 0.5) is 11.4 Å². The van der Waals surface area contributed by atoms with Crippen molar-refractivity contribution in [1.29, 1.82) is 0 Å². The fraction of sp³-hybridized carbons (Fsp3) is 0.100. The van der Waals surface area contributed by atoms with Crippen LogP contribution in [-0.2, 0) is 9.53 Å². The van der Waals surface area contributed by atoms with Gasteiger partial charge in [0.1, 0.15) is 5.76 Å². The number of ether oxygens (including phenoxy) is 1. The second kappa shape index (κ2) is 8.57. The summed E-state index contributed by atoms with van der Waals surface area (Å²) in [7, 11) is 0. The van der Waals surface area contributed by atoms with Gasteiger partial charge in [0.25, 0.3) is 11.6 Å². The molecule has 3 rings (SSSR count). The number of nitro benzene ring substituents is 1. The zero-order valence-electron chi connectivity index (χ0n) is 15.2. The third-order valence-electron chi connectivity index (χ3n) is 3.90. The molecule has 2 aromatic carbocycles. The van der Waals surface area contributed by atoms with E-state index in [1.165, 1.54) is 36.4 Å². The van der Waals surface area contributed by atoms with Crippen molar-refractivity contribution in [3.8, 4) is 11.3 Å². The number of halogens is 1. The number of benzene rings is 2. The number of nitro groups is 1. The molecule has 1 N–H and O–H groups in total. The molecular weight excluding hydrogens is 400 g/mol. The minimum atomic E-state index is -0.816. The Morgan fingerprint density at radius 2 is 1.86 bits per heavy atom. The minimum absolute atomic E-state index is 0.0559. The number of esters is 1. The van der Waals surface area contributed by atoms with Crippen LogP contribution in [0.5, 0.6) is 0 Å². The van der Waals surface area contributed by atoms with Crippen molar-refractivity contribution in [1.82, 2.24) is 0 Å². The standard InChI is InChI=1S/C20H15ClN2O6/c1-12-2-7-16(15(21)10-12)22-19(24)11-28-20(25)18-9-8-17(29-18)13-3-5-14(6-4-13)23(26)27/h2-10H,11H2,1H3,(H,22,24). The molecule has 1 aromatic heterocycles. The van der Waals surface area contributed by atoms with E-state index in [1.807, 2.05) is 6.92 Å². The van der Waals surface area contributed by atoms with E-state index in [2.05, 4.69) is 5.32 Å². The SMILES string of the molecule is Cc1ccc(NC(=O)COC(=O)c2ccc(-c3ccc([N+](=O)[O-])cc3)o2)c(Cl)c1. The summed E-state index contributed by atoms with van der Waals surface area (Å²) >= 11 is 6.05. The van der Waals surface area contributed by atoms with Crippen LogP contribution in [0.25, 0.3) is 11.3 Å². The highest BCUT2D eigenvalue weighted by molar-refractivity contribution is 6.33. The van der Waals surface area contributed by atoms with Gasteiger partial charge in [-0.05, 0) is 48.9 Å². The van der Waals surface area contributed by atoms with Gasteiger partial charge < -0.3 is 14.5 Å². The number of hydrogen-bond donors (Lipinski definition) is 1. The fourth-order valence-electron chi connectivity index (χ4n) is 2.46. The van der Waals surface area contributed by atoms with Crippen molar-refractivity contribution in [3.63, 3.8) is 0 Å². The molecule has 0 saturated carbocycles. The first-order valence-corrected chi connectivity index (χ1v) is 8.79. The van der Waals surface area contributed by atoms with Gasteiger partial charge in [-0.25, -0.2) is 4.79 Å². The van der Waals surface area contributed by atoms with E-state index < -0.39 is 23.4 Å². The summed E-state index contributed by atoms with van der Waals surface area (Å²) in [5.41, 5.74) is 1.86. The molecule has 0 spiro atoms. The number of non-ortho nitro benzene ring substituents is 1. The average molecular weight is 415 g/mol. The van der Waals surface area contributed by atoms with E-state index in [0.29, 0.717) is 22.0 Å². The number of nitrogens with one attached hydrogen (secondary N) is 1. The molecule has 1 heterocycles. The lowest BCUT2D eigenvalue weighted by atomic mass is 10.1. The van der Waals surface area contributed by atoms with Gasteiger partial charge in [0.2, 0.25) is 5.76 Å². The highest BCUT2D eigenvalue weighted by Crippen LogP contribution is 2.25. The van der Waals surface area contributed by atoms with Crippen molar-refractivity contribution in [2.75, 3.05) is 11.9 Å². The lowest BCUT2D eigenvalue weighted by Crippen LogP contribution is -2.20. The van der Waals surface area contributed by atoms with Crippen LogP contribution in [-0.4, -0.2) is 23.4 Å². The van der Waals surface area contributed by atoms with Crippen LogP contribution < -0.4 is 5.32 Å². The Kier molecular flexibility index (Phi) is 5.94. The Labute approximate surface area is 170 Å². The topological polar surface area (TPSA) is 112 Å². The van der Waals surface area contributed by atoms with Crippen molar-refractivity contribution < 1.29 is 23.7 Å². The first kappa shape index (κ1) is 20.1. The van der Waals surface area contributed by atoms with Crippen LogP contribution >= 0.6 is 11.6 Å². The summed E-state index contributed by atoms with van der Waals surface area (Å²) in [6.45, 7) is 1.35. The molecule has 148 valence electrons. The summed E-state index contributed by atoms with van der Waals surface area (Å²) in [5, 5.41) is 13.6. The number of amides is 1. The van der Waals surface area contributed by atoms with Gasteiger partial charge in [-0.2, -0.15) is 0 Å². The molecule has 0 aliphatic rings. The first-order chi connectivity index (χ1) is 13.8. The molecule has 0 aliphatic heterocycles. The van der Waals surface area contributed by atoms with E-state index in [9.17, 15) is 19.7 Å². The van der Waals surface area contributed by atoms with Gasteiger partial charge >= 0.3 is 5.97 Å². The normalized spacial score (nSPS) is 10.4. The molecule has 29 heavy (non-hydrogen) atoms. The summed E-state index contributed by atoms with van der Waals surface area (Å²) in [6, 6.07) is 13.7. The largest absolute Gasteiger partial charge is 0.450 e. The van der Waals surface area contributed by atoms with E-state index >= 15 is 0 Å². The Morgan fingerprint density at radius 3 is 2.52 bits per heavy atom. The molecule has 3 aromatic rings. The molecule has 8 nitrogen and oxygen atoms in total. The van der Waals surface area contributed by atoms with E-state index in [1.54, 1.807) is 18.2 Å². The molecule has 9 heteroatoms. The van der Waals surface area contributed by atoms with Crippen molar-refractivity contribution in [2.24, 2.45) is 0 Å². The second-order valence-electron chi connectivity index (χ2n) is 6.08. The Hall–Kier alpha value is -3.65. The monoisotopic (exact) mass is 414 g/mol. The predicted octanol–water partition coefficient (Wildman–Crippen LogP) is 4.61. The molecule has 0 bridgehead atoms. The van der Waals surface area contributed by atoms with Crippen molar-refractivity contribution in [2.45, 2.75) is 6.92 Å². The molecule has 1 amide bonds. The van der Waals surface area contributed by atoms with Crippen LogP contribution in [0.15, 0.2) is 59.0 Å². The zero-order chi connectivity index (χ0) is 21.0. The lowest BCUT2D eigenvalue weighted by molar-refractivity contribution is -0.384. The number of carbonyl (C=O) groups is 2. The quantitative estimate of drug-likeness (QED) is 0.358. The predicted molar refractivity (Wildman–Crippen MR) is 106 cm³/mol. The summed E-state index contributed by atoms with van der Waals surface area (Å²) in [4.78, 5) is 34.2. The average Bonchev–Trinajstić information content (AvgIpc) is 3.19. The maximum absolute atomic E-state index is 12.1. The molecule has 0 saturated heterocycles. The molecule has 0 atom stereocenters. The third-order valence-corrected chi connectivity index (χ3v) is 4.22. The van der Waals surface area contributed by atoms with Gasteiger partial charge in [-0.15, -0.1) is 0 Å². The lowest BCUT2D eigenvalue weighted by Gasteiger charge is -2.08. The zero-order valence-corrected chi connectivity index (χ0v) is 15.9. The molecule has 0 fully saturated rings. The van der Waals surface area contributed by atoms with Crippen molar-refractivity contribution >= 4 is 34.9 Å². The Morgan fingerprint density at radius 1 is 1.14 bits per heavy atom. The number of nitrogens with zero attached hydrogens (tertiary/aromatic N) is 1. The smallest absolute Gasteiger partial charge is 0.374 e. The number of anilines is 1. The van der Waals surface area contributed by atoms with E-state index in [4.69, 9.17) is 20.8 Å². The van der Waals surface area contributed by atoms with E-state index in [-0.39, 0.29) is 11.4 Å². The first-order valence-electron chi connectivity index (χ1n) is 8.41. The third kappa shape index (κ3) is 4.99.